The van der Waals surface area contributed by atoms with E-state index in [1.807, 2.05) is 11.3 Å². The molecule has 3 heteroatoms. The highest BCUT2D eigenvalue weighted by molar-refractivity contribution is 9.11. The topological polar surface area (TPSA) is 12.0 Å². The third-order valence-electron chi connectivity index (χ3n) is 4.46. The molecule has 0 spiro atoms. The molecule has 1 N–H and O–H groups in total. The number of nitrogens with one attached hydrogen (secondary N) is 1. The van der Waals surface area contributed by atoms with Gasteiger partial charge >= 0.3 is 0 Å². The van der Waals surface area contributed by atoms with Crippen LogP contribution in [0, 0.1) is 5.41 Å². The lowest BCUT2D eigenvalue weighted by Gasteiger charge is -2.56. The zero-order chi connectivity index (χ0) is 11.8. The quantitative estimate of drug-likeness (QED) is 0.869. The van der Waals surface area contributed by atoms with Crippen molar-refractivity contribution in [1.82, 2.24) is 5.32 Å². The Hall–Kier alpha value is 0.140. The molecule has 2 unspecified atom stereocenters. The summed E-state index contributed by atoms with van der Waals surface area (Å²) in [6.07, 6.45) is 3.84. The van der Waals surface area contributed by atoms with E-state index in [1.165, 1.54) is 23.0 Å². The van der Waals surface area contributed by atoms with Gasteiger partial charge in [0.1, 0.15) is 0 Å². The molecule has 0 aromatic carbocycles. The van der Waals surface area contributed by atoms with Gasteiger partial charge in [0, 0.05) is 16.8 Å². The monoisotopic (exact) mass is 301 g/mol. The first-order chi connectivity index (χ1) is 7.67. The summed E-state index contributed by atoms with van der Waals surface area (Å²) in [4.78, 5) is 1.56. The maximum Gasteiger partial charge on any atom is 0.0701 e. The molecule has 2 rings (SSSR count). The van der Waals surface area contributed by atoms with Gasteiger partial charge in [-0.05, 0) is 59.8 Å². The molecule has 90 valence electrons. The summed E-state index contributed by atoms with van der Waals surface area (Å²) < 4.78 is 1.26. The predicted molar refractivity (Wildman–Crippen MR) is 75.2 cm³/mol. The van der Waals surface area contributed by atoms with Gasteiger partial charge in [-0.2, -0.15) is 0 Å². The van der Waals surface area contributed by atoms with Gasteiger partial charge in [0.25, 0.3) is 0 Å². The van der Waals surface area contributed by atoms with Gasteiger partial charge in [0.2, 0.25) is 0 Å². The first-order valence-corrected chi connectivity index (χ1v) is 7.71. The fourth-order valence-corrected chi connectivity index (χ4v) is 5.01. The summed E-state index contributed by atoms with van der Waals surface area (Å²) in [5.41, 5.74) is 0.485. The lowest BCUT2D eigenvalue weighted by atomic mass is 9.53. The van der Waals surface area contributed by atoms with E-state index in [0.29, 0.717) is 11.5 Å². The summed E-state index contributed by atoms with van der Waals surface area (Å²) in [5.74, 6) is 0.760. The molecule has 0 saturated heterocycles. The summed E-state index contributed by atoms with van der Waals surface area (Å²) in [7, 11) is 2.10. The summed E-state index contributed by atoms with van der Waals surface area (Å²) in [6, 6.07) is 5.18. The van der Waals surface area contributed by atoms with Gasteiger partial charge in [-0.1, -0.05) is 13.8 Å². The van der Waals surface area contributed by atoms with Crippen molar-refractivity contribution in [3.63, 3.8) is 0 Å². The molecule has 0 bridgehead atoms. The molecular weight excluding hydrogens is 282 g/mol. The van der Waals surface area contributed by atoms with Crippen molar-refractivity contribution in [1.29, 1.82) is 0 Å². The number of hydrogen-bond acceptors (Lipinski definition) is 2. The molecule has 2 atom stereocenters. The Bertz CT molecular complexity index is 357. The van der Waals surface area contributed by atoms with E-state index in [-0.39, 0.29) is 0 Å². The second-order valence-corrected chi connectivity index (χ2v) is 7.21. The molecular formula is C13H20BrNS. The summed E-state index contributed by atoms with van der Waals surface area (Å²) in [5, 5.41) is 3.49. The number of hydrogen-bond donors (Lipinski definition) is 1. The van der Waals surface area contributed by atoms with Crippen LogP contribution in [-0.2, 0) is 0 Å². The highest BCUT2D eigenvalue weighted by Crippen LogP contribution is 2.58. The maximum absolute atomic E-state index is 3.57. The Morgan fingerprint density at radius 1 is 1.44 bits per heavy atom. The van der Waals surface area contributed by atoms with Crippen LogP contribution >= 0.6 is 27.3 Å². The van der Waals surface area contributed by atoms with Gasteiger partial charge in [-0.15, -0.1) is 11.3 Å². The van der Waals surface area contributed by atoms with E-state index < -0.39 is 0 Å². The van der Waals surface area contributed by atoms with Gasteiger partial charge < -0.3 is 5.32 Å². The molecule has 16 heavy (non-hydrogen) atoms. The van der Waals surface area contributed by atoms with E-state index in [0.717, 1.165) is 5.92 Å². The minimum atomic E-state index is 0.485. The molecule has 1 aromatic heterocycles. The molecule has 0 aliphatic heterocycles. The standard InChI is InChI=1S/C13H20BrNS/c1-4-13(5-2)9(8-11(13)15-3)10-6-7-12(14)16-10/h6-7,9,11,15H,4-5,8H2,1-3H3. The second kappa shape index (κ2) is 4.79. The van der Waals surface area contributed by atoms with Crippen LogP contribution in [0.5, 0.6) is 0 Å². The summed E-state index contributed by atoms with van der Waals surface area (Å²) in [6.45, 7) is 4.67. The Balaban J connectivity index is 2.24. The smallest absolute Gasteiger partial charge is 0.0701 e. The Morgan fingerprint density at radius 3 is 2.56 bits per heavy atom. The molecule has 0 radical (unpaired) electrons. The normalized spacial score (nSPS) is 27.8. The lowest BCUT2D eigenvalue weighted by molar-refractivity contribution is 0.0264. The third-order valence-corrected chi connectivity index (χ3v) is 6.20. The molecule has 1 aromatic rings. The zero-order valence-electron chi connectivity index (χ0n) is 10.2. The third kappa shape index (κ3) is 1.77. The predicted octanol–water partition coefficient (Wildman–Crippen LogP) is 4.39. The highest BCUT2D eigenvalue weighted by atomic mass is 79.9. The SMILES string of the molecule is CCC1(CC)C(NC)CC1c1ccc(Br)s1. The Kier molecular flexibility index (Phi) is 3.77. The average Bonchev–Trinajstić information content (AvgIpc) is 2.66. The molecule has 0 amide bonds. The van der Waals surface area contributed by atoms with Crippen LogP contribution in [0.25, 0.3) is 0 Å². The van der Waals surface area contributed by atoms with Crippen LogP contribution in [0.1, 0.15) is 43.9 Å². The van der Waals surface area contributed by atoms with Gasteiger partial charge in [0.15, 0.2) is 0 Å². The average molecular weight is 302 g/mol. The Labute approximate surface area is 111 Å². The van der Waals surface area contributed by atoms with Crippen molar-refractivity contribution in [3.8, 4) is 0 Å². The van der Waals surface area contributed by atoms with Gasteiger partial charge in [0.05, 0.1) is 3.79 Å². The number of rotatable bonds is 4. The van der Waals surface area contributed by atoms with Crippen molar-refractivity contribution in [2.45, 2.75) is 45.1 Å². The minimum absolute atomic E-state index is 0.485. The van der Waals surface area contributed by atoms with Crippen LogP contribution in [0.2, 0.25) is 0 Å². The van der Waals surface area contributed by atoms with Crippen molar-refractivity contribution >= 4 is 27.3 Å². The summed E-state index contributed by atoms with van der Waals surface area (Å²) >= 11 is 5.48. The lowest BCUT2D eigenvalue weighted by Crippen LogP contribution is -2.56. The number of thiophene rings is 1. The van der Waals surface area contributed by atoms with Crippen LogP contribution in [0.15, 0.2) is 15.9 Å². The number of halogens is 1. The molecule has 1 saturated carbocycles. The Morgan fingerprint density at radius 2 is 2.12 bits per heavy atom. The largest absolute Gasteiger partial charge is 0.316 e. The van der Waals surface area contributed by atoms with Crippen LogP contribution in [-0.4, -0.2) is 13.1 Å². The van der Waals surface area contributed by atoms with E-state index in [1.54, 1.807) is 4.88 Å². The van der Waals surface area contributed by atoms with Crippen LogP contribution in [0.3, 0.4) is 0 Å². The fourth-order valence-electron chi connectivity index (χ4n) is 3.34. The van der Waals surface area contributed by atoms with Crippen molar-refractivity contribution in [2.24, 2.45) is 5.41 Å². The first-order valence-electron chi connectivity index (χ1n) is 6.10. The van der Waals surface area contributed by atoms with Crippen molar-refractivity contribution < 1.29 is 0 Å². The fraction of sp³-hybridized carbons (Fsp3) is 0.692. The van der Waals surface area contributed by atoms with Crippen LogP contribution < -0.4 is 5.32 Å². The van der Waals surface area contributed by atoms with E-state index in [4.69, 9.17) is 0 Å². The highest BCUT2D eigenvalue weighted by Gasteiger charge is 2.52. The molecule has 1 nitrogen and oxygen atoms in total. The second-order valence-electron chi connectivity index (χ2n) is 4.71. The van der Waals surface area contributed by atoms with E-state index in [9.17, 15) is 0 Å². The molecule has 1 aliphatic carbocycles. The molecule has 1 aliphatic rings. The van der Waals surface area contributed by atoms with Gasteiger partial charge in [-0.25, -0.2) is 0 Å². The van der Waals surface area contributed by atoms with Crippen molar-refractivity contribution in [3.05, 3.63) is 20.8 Å². The van der Waals surface area contributed by atoms with E-state index >= 15 is 0 Å². The molecule has 1 heterocycles. The van der Waals surface area contributed by atoms with Crippen LogP contribution in [0.4, 0.5) is 0 Å². The van der Waals surface area contributed by atoms with Crippen molar-refractivity contribution in [2.75, 3.05) is 7.05 Å². The van der Waals surface area contributed by atoms with Gasteiger partial charge in [-0.3, -0.25) is 0 Å². The maximum atomic E-state index is 3.57. The minimum Gasteiger partial charge on any atom is -0.316 e. The van der Waals surface area contributed by atoms with E-state index in [2.05, 4.69) is 54.3 Å². The molecule has 1 fully saturated rings. The zero-order valence-corrected chi connectivity index (χ0v) is 12.6. The first kappa shape index (κ1) is 12.6.